The molecule has 1 heterocycles. The van der Waals surface area contributed by atoms with E-state index in [1.807, 2.05) is 24.3 Å². The minimum atomic E-state index is 0.576. The largest absolute Gasteiger partial charge is 0.496 e. The van der Waals surface area contributed by atoms with E-state index in [9.17, 15) is 0 Å². The van der Waals surface area contributed by atoms with Gasteiger partial charge in [-0.25, -0.2) is 4.98 Å². The SMILES string of the molecule is COc1ccccc1-c1nc(=S)c(Br)c(C2CC2)[nH]1. The van der Waals surface area contributed by atoms with Crippen LogP contribution < -0.4 is 4.74 Å². The van der Waals surface area contributed by atoms with Crippen LogP contribution in [0.5, 0.6) is 5.75 Å². The van der Waals surface area contributed by atoms with Gasteiger partial charge < -0.3 is 9.72 Å². The fraction of sp³-hybridized carbons (Fsp3) is 0.286. The highest BCUT2D eigenvalue weighted by Crippen LogP contribution is 2.43. The highest BCUT2D eigenvalue weighted by molar-refractivity contribution is 9.10. The van der Waals surface area contributed by atoms with Gasteiger partial charge in [0.05, 0.1) is 17.1 Å². The van der Waals surface area contributed by atoms with E-state index >= 15 is 0 Å². The summed E-state index contributed by atoms with van der Waals surface area (Å²) in [5, 5.41) is 0. The van der Waals surface area contributed by atoms with E-state index in [2.05, 4.69) is 25.9 Å². The van der Waals surface area contributed by atoms with Crippen molar-refractivity contribution in [2.24, 2.45) is 0 Å². The molecule has 19 heavy (non-hydrogen) atoms. The molecular formula is C14H13BrN2OS. The molecule has 0 radical (unpaired) electrons. The molecule has 0 spiro atoms. The molecule has 0 atom stereocenters. The molecule has 1 aromatic heterocycles. The van der Waals surface area contributed by atoms with E-state index in [0.29, 0.717) is 10.6 Å². The topological polar surface area (TPSA) is 37.9 Å². The standard InChI is InChI=1S/C14H13BrN2OS/c1-18-10-5-3-2-4-9(10)13-16-12(8-6-7-8)11(15)14(19)17-13/h2-5,8H,6-7H2,1H3,(H,16,17,19). The number of para-hydroxylation sites is 1. The van der Waals surface area contributed by atoms with Crippen molar-refractivity contribution in [2.75, 3.05) is 7.11 Å². The highest BCUT2D eigenvalue weighted by Gasteiger charge is 2.27. The van der Waals surface area contributed by atoms with Gasteiger partial charge in [-0.15, -0.1) is 0 Å². The minimum Gasteiger partial charge on any atom is -0.496 e. The molecular weight excluding hydrogens is 324 g/mol. The van der Waals surface area contributed by atoms with Crippen LogP contribution in [0.4, 0.5) is 0 Å². The quantitative estimate of drug-likeness (QED) is 0.841. The van der Waals surface area contributed by atoms with Crippen LogP contribution in [0.15, 0.2) is 28.7 Å². The number of halogens is 1. The second-order valence-electron chi connectivity index (χ2n) is 4.59. The Labute approximate surface area is 125 Å². The van der Waals surface area contributed by atoms with Crippen molar-refractivity contribution in [1.82, 2.24) is 9.97 Å². The van der Waals surface area contributed by atoms with Crippen molar-refractivity contribution in [2.45, 2.75) is 18.8 Å². The summed E-state index contributed by atoms with van der Waals surface area (Å²) in [6.45, 7) is 0. The van der Waals surface area contributed by atoms with Gasteiger partial charge in [0, 0.05) is 11.6 Å². The summed E-state index contributed by atoms with van der Waals surface area (Å²) in [4.78, 5) is 7.86. The van der Waals surface area contributed by atoms with Crippen molar-refractivity contribution in [3.63, 3.8) is 0 Å². The normalized spacial score (nSPS) is 14.4. The maximum absolute atomic E-state index is 5.38. The summed E-state index contributed by atoms with van der Waals surface area (Å²) >= 11 is 8.87. The first kappa shape index (κ1) is 12.8. The van der Waals surface area contributed by atoms with Gasteiger partial charge in [0.2, 0.25) is 0 Å². The smallest absolute Gasteiger partial charge is 0.144 e. The Balaban J connectivity index is 2.17. The monoisotopic (exact) mass is 336 g/mol. The van der Waals surface area contributed by atoms with Gasteiger partial charge in [-0.2, -0.15) is 0 Å². The Morgan fingerprint density at radius 2 is 2.11 bits per heavy atom. The van der Waals surface area contributed by atoms with Gasteiger partial charge >= 0.3 is 0 Å². The molecule has 5 heteroatoms. The van der Waals surface area contributed by atoms with Crippen molar-refractivity contribution in [3.05, 3.63) is 39.1 Å². The first-order valence-electron chi connectivity index (χ1n) is 6.14. The molecule has 0 bridgehead atoms. The third-order valence-corrected chi connectivity index (χ3v) is 4.60. The molecule has 1 N–H and O–H groups in total. The average molecular weight is 337 g/mol. The van der Waals surface area contributed by atoms with Crippen LogP contribution in [0.1, 0.15) is 24.5 Å². The van der Waals surface area contributed by atoms with Gasteiger partial charge in [-0.3, -0.25) is 0 Å². The van der Waals surface area contributed by atoms with E-state index in [1.54, 1.807) is 7.11 Å². The van der Waals surface area contributed by atoms with Gasteiger partial charge in [-0.1, -0.05) is 24.4 Å². The predicted molar refractivity (Wildman–Crippen MR) is 81.1 cm³/mol. The first-order chi connectivity index (χ1) is 9.20. The first-order valence-corrected chi connectivity index (χ1v) is 7.34. The Morgan fingerprint density at radius 1 is 1.37 bits per heavy atom. The van der Waals surface area contributed by atoms with Crippen LogP contribution in [-0.4, -0.2) is 17.1 Å². The van der Waals surface area contributed by atoms with E-state index in [4.69, 9.17) is 17.0 Å². The molecule has 0 saturated heterocycles. The lowest BCUT2D eigenvalue weighted by molar-refractivity contribution is 0.416. The van der Waals surface area contributed by atoms with Crippen LogP contribution in [0, 0.1) is 4.64 Å². The molecule has 3 rings (SSSR count). The number of ether oxygens (including phenoxy) is 1. The summed E-state index contributed by atoms with van der Waals surface area (Å²) in [5.74, 6) is 2.14. The van der Waals surface area contributed by atoms with Gasteiger partial charge in [0.15, 0.2) is 0 Å². The van der Waals surface area contributed by atoms with E-state index in [0.717, 1.165) is 27.3 Å². The van der Waals surface area contributed by atoms with Gasteiger partial charge in [0.1, 0.15) is 16.2 Å². The Hall–Kier alpha value is -1.20. The number of rotatable bonds is 3. The number of methoxy groups -OCH3 is 1. The average Bonchev–Trinajstić information content (AvgIpc) is 3.26. The van der Waals surface area contributed by atoms with Crippen LogP contribution in [0.3, 0.4) is 0 Å². The summed E-state index contributed by atoms with van der Waals surface area (Å²) in [6, 6.07) is 7.82. The zero-order chi connectivity index (χ0) is 13.4. The summed E-state index contributed by atoms with van der Waals surface area (Å²) < 4.78 is 6.90. The molecule has 1 saturated carbocycles. The van der Waals surface area contributed by atoms with Crippen LogP contribution >= 0.6 is 28.1 Å². The molecule has 0 unspecified atom stereocenters. The van der Waals surface area contributed by atoms with Crippen LogP contribution in [0.2, 0.25) is 0 Å². The summed E-state index contributed by atoms with van der Waals surface area (Å²) in [7, 11) is 1.66. The number of hydrogen-bond donors (Lipinski definition) is 1. The fourth-order valence-electron chi connectivity index (χ4n) is 2.10. The minimum absolute atomic E-state index is 0.576. The van der Waals surface area contributed by atoms with Crippen molar-refractivity contribution in [1.29, 1.82) is 0 Å². The Morgan fingerprint density at radius 3 is 2.79 bits per heavy atom. The van der Waals surface area contributed by atoms with Crippen LogP contribution in [-0.2, 0) is 0 Å². The Bertz CT molecular complexity index is 679. The second kappa shape index (κ2) is 5.06. The van der Waals surface area contributed by atoms with E-state index < -0.39 is 0 Å². The van der Waals surface area contributed by atoms with E-state index in [-0.39, 0.29) is 0 Å². The molecule has 98 valence electrons. The molecule has 1 fully saturated rings. The molecule has 1 aromatic carbocycles. The molecule has 1 aliphatic carbocycles. The summed E-state index contributed by atoms with van der Waals surface area (Å²) in [6.07, 6.45) is 2.42. The van der Waals surface area contributed by atoms with Crippen molar-refractivity contribution in [3.8, 4) is 17.1 Å². The zero-order valence-corrected chi connectivity index (χ0v) is 12.8. The third kappa shape index (κ3) is 2.44. The number of benzene rings is 1. The lowest BCUT2D eigenvalue weighted by atomic mass is 10.1. The third-order valence-electron chi connectivity index (χ3n) is 3.24. The van der Waals surface area contributed by atoms with Gasteiger partial charge in [-0.05, 0) is 40.9 Å². The molecule has 1 aliphatic rings. The number of hydrogen-bond acceptors (Lipinski definition) is 3. The lowest BCUT2D eigenvalue weighted by Gasteiger charge is -2.10. The maximum atomic E-state index is 5.38. The zero-order valence-electron chi connectivity index (χ0n) is 10.4. The Kier molecular flexibility index (Phi) is 3.41. The number of aromatic nitrogens is 2. The summed E-state index contributed by atoms with van der Waals surface area (Å²) in [5.41, 5.74) is 2.09. The number of aromatic amines is 1. The van der Waals surface area contributed by atoms with Gasteiger partial charge in [0.25, 0.3) is 0 Å². The fourth-order valence-corrected chi connectivity index (χ4v) is 2.81. The van der Waals surface area contributed by atoms with Crippen LogP contribution in [0.25, 0.3) is 11.4 Å². The second-order valence-corrected chi connectivity index (χ2v) is 5.77. The van der Waals surface area contributed by atoms with Crippen molar-refractivity contribution < 1.29 is 4.74 Å². The van der Waals surface area contributed by atoms with E-state index in [1.165, 1.54) is 12.8 Å². The number of H-pyrrole nitrogens is 1. The molecule has 2 aromatic rings. The predicted octanol–water partition coefficient (Wildman–Crippen LogP) is 4.45. The number of nitrogens with one attached hydrogen (secondary N) is 1. The number of nitrogens with zero attached hydrogens (tertiary/aromatic N) is 1. The lowest BCUT2D eigenvalue weighted by Crippen LogP contribution is -1.98. The molecule has 0 aliphatic heterocycles. The van der Waals surface area contributed by atoms with Crippen molar-refractivity contribution >= 4 is 28.1 Å². The maximum Gasteiger partial charge on any atom is 0.144 e. The highest BCUT2D eigenvalue weighted by atomic mass is 79.9. The molecule has 0 amide bonds. The molecule has 3 nitrogen and oxygen atoms in total.